The molecule has 0 aliphatic carbocycles. The van der Waals surface area contributed by atoms with Gasteiger partial charge in [0.05, 0.1) is 18.1 Å². The maximum atomic E-state index is 10.7. The van der Waals surface area contributed by atoms with Crippen molar-refractivity contribution in [3.63, 3.8) is 0 Å². The first-order valence-electron chi connectivity index (χ1n) is 12.2. The number of furan rings is 1. The third kappa shape index (κ3) is 4.57. The lowest BCUT2D eigenvalue weighted by molar-refractivity contribution is -0.00900. The normalized spacial score (nSPS) is 19.8. The van der Waals surface area contributed by atoms with E-state index < -0.39 is 6.10 Å². The van der Waals surface area contributed by atoms with Crippen molar-refractivity contribution in [1.29, 1.82) is 0 Å². The van der Waals surface area contributed by atoms with Crippen molar-refractivity contribution in [1.82, 2.24) is 15.1 Å². The number of ether oxygens (including phenoxy) is 2. The highest BCUT2D eigenvalue weighted by molar-refractivity contribution is 5.87. The average molecular weight is 476 g/mol. The SMILES string of the molecule is Cc1nnc(-c2cc3c(OC[C@@H](O)CN4CCC(C5OCc6ccccc65)CC4)cccc3o2)o1. The van der Waals surface area contributed by atoms with E-state index in [0.29, 0.717) is 41.3 Å². The third-order valence-electron chi connectivity index (χ3n) is 7.00. The number of piperidine rings is 1. The molecule has 0 saturated carbocycles. The van der Waals surface area contributed by atoms with Gasteiger partial charge in [-0.15, -0.1) is 10.2 Å². The average Bonchev–Trinajstić information content (AvgIpc) is 3.61. The van der Waals surface area contributed by atoms with Crippen LogP contribution in [0.1, 0.15) is 36.0 Å². The molecule has 6 rings (SSSR count). The Kier molecular flexibility index (Phi) is 6.01. The Hall–Kier alpha value is -3.20. The molecule has 2 aliphatic rings. The number of β-amino-alcohol motifs (C(OH)–C–C–N with tert-alkyl or cyclic N) is 1. The van der Waals surface area contributed by atoms with Crippen LogP contribution in [-0.2, 0) is 11.3 Å². The maximum absolute atomic E-state index is 10.7. The van der Waals surface area contributed by atoms with E-state index in [9.17, 15) is 5.11 Å². The molecule has 0 radical (unpaired) electrons. The highest BCUT2D eigenvalue weighted by Gasteiger charge is 2.33. The second-order valence-electron chi connectivity index (χ2n) is 9.44. The predicted octanol–water partition coefficient (Wildman–Crippen LogP) is 4.51. The van der Waals surface area contributed by atoms with Gasteiger partial charge in [0.1, 0.15) is 24.0 Å². The van der Waals surface area contributed by atoms with Crippen molar-refractivity contribution in [2.45, 2.75) is 38.6 Å². The summed E-state index contributed by atoms with van der Waals surface area (Å²) in [6.45, 7) is 5.15. The van der Waals surface area contributed by atoms with Crippen molar-refractivity contribution in [2.24, 2.45) is 5.92 Å². The molecule has 1 fully saturated rings. The highest BCUT2D eigenvalue weighted by atomic mass is 16.5. The minimum Gasteiger partial charge on any atom is -0.490 e. The fraction of sp³-hybridized carbons (Fsp3) is 0.407. The Bertz CT molecular complexity index is 1310. The molecule has 0 amide bonds. The van der Waals surface area contributed by atoms with Gasteiger partial charge in [-0.3, -0.25) is 0 Å². The number of fused-ring (bicyclic) bond motifs is 2. The molecule has 0 bridgehead atoms. The van der Waals surface area contributed by atoms with Gasteiger partial charge in [-0.25, -0.2) is 0 Å². The standard InChI is InChI=1S/C27H29N3O5/c1-17-28-29-27(34-17)25-13-22-23(7-4-8-24(22)35-25)32-16-20(31)14-30-11-9-18(10-12-30)26-21-6-3-2-5-19(21)15-33-26/h2-8,13,18,20,26,31H,9-12,14-16H2,1H3/t20-,26?/m0/s1. The van der Waals surface area contributed by atoms with Gasteiger partial charge in [-0.1, -0.05) is 30.3 Å². The molecular formula is C27H29N3O5. The molecule has 2 aromatic carbocycles. The lowest BCUT2D eigenvalue weighted by Gasteiger charge is -2.35. The molecule has 4 heterocycles. The summed E-state index contributed by atoms with van der Waals surface area (Å²) in [5.74, 6) is 2.49. The molecule has 0 spiro atoms. The van der Waals surface area contributed by atoms with Crippen molar-refractivity contribution in [3.05, 3.63) is 65.5 Å². The van der Waals surface area contributed by atoms with Crippen LogP contribution in [0.2, 0.25) is 0 Å². The van der Waals surface area contributed by atoms with Crippen LogP contribution in [0.4, 0.5) is 0 Å². The Labute approximate surface area is 203 Å². The lowest BCUT2D eigenvalue weighted by atomic mass is 9.87. The first-order chi connectivity index (χ1) is 17.1. The van der Waals surface area contributed by atoms with Gasteiger partial charge in [0, 0.05) is 19.5 Å². The molecule has 35 heavy (non-hydrogen) atoms. The Balaban J connectivity index is 1.03. The van der Waals surface area contributed by atoms with Gasteiger partial charge < -0.3 is 28.3 Å². The van der Waals surface area contributed by atoms with E-state index in [1.807, 2.05) is 24.3 Å². The first-order valence-corrected chi connectivity index (χ1v) is 12.2. The summed E-state index contributed by atoms with van der Waals surface area (Å²) in [5, 5.41) is 19.4. The van der Waals surface area contributed by atoms with E-state index in [4.69, 9.17) is 18.3 Å². The summed E-state index contributed by atoms with van der Waals surface area (Å²) in [6, 6.07) is 16.0. The fourth-order valence-electron chi connectivity index (χ4n) is 5.24. The number of hydrogen-bond acceptors (Lipinski definition) is 8. The van der Waals surface area contributed by atoms with Gasteiger partial charge >= 0.3 is 0 Å². The van der Waals surface area contributed by atoms with Gasteiger partial charge in [-0.05, 0) is 55.1 Å². The number of likely N-dealkylation sites (tertiary alicyclic amines) is 1. The van der Waals surface area contributed by atoms with E-state index in [1.165, 1.54) is 11.1 Å². The number of aliphatic hydroxyl groups is 1. The van der Waals surface area contributed by atoms with E-state index in [1.54, 1.807) is 6.92 Å². The van der Waals surface area contributed by atoms with E-state index in [2.05, 4.69) is 39.4 Å². The first kappa shape index (κ1) is 22.3. The maximum Gasteiger partial charge on any atom is 0.283 e. The zero-order valence-corrected chi connectivity index (χ0v) is 19.7. The molecule has 4 aromatic rings. The predicted molar refractivity (Wildman–Crippen MR) is 129 cm³/mol. The monoisotopic (exact) mass is 475 g/mol. The van der Waals surface area contributed by atoms with Gasteiger partial charge in [0.25, 0.3) is 5.89 Å². The minimum atomic E-state index is -0.588. The van der Waals surface area contributed by atoms with Crippen molar-refractivity contribution < 1.29 is 23.4 Å². The molecule has 2 aromatic heterocycles. The van der Waals surface area contributed by atoms with E-state index in [0.717, 1.165) is 37.9 Å². The van der Waals surface area contributed by atoms with Crippen molar-refractivity contribution in [2.75, 3.05) is 26.2 Å². The molecule has 2 aliphatic heterocycles. The largest absolute Gasteiger partial charge is 0.490 e. The summed E-state index contributed by atoms with van der Waals surface area (Å²) in [7, 11) is 0. The van der Waals surface area contributed by atoms with Crippen LogP contribution in [0.3, 0.4) is 0 Å². The number of benzene rings is 2. The molecule has 1 saturated heterocycles. The number of nitrogens with zero attached hydrogens (tertiary/aromatic N) is 3. The molecule has 1 N–H and O–H groups in total. The van der Waals surface area contributed by atoms with Crippen LogP contribution >= 0.6 is 0 Å². The second kappa shape index (κ2) is 9.45. The van der Waals surface area contributed by atoms with E-state index >= 15 is 0 Å². The molecule has 8 heteroatoms. The molecule has 1 unspecified atom stereocenters. The molecule has 2 atom stereocenters. The van der Waals surface area contributed by atoms with Gasteiger partial charge in [-0.2, -0.15) is 0 Å². The number of aliphatic hydroxyl groups excluding tert-OH is 1. The van der Waals surface area contributed by atoms with Crippen LogP contribution in [0.15, 0.2) is 57.4 Å². The summed E-state index contributed by atoms with van der Waals surface area (Å²) in [6.07, 6.45) is 1.76. The second-order valence-corrected chi connectivity index (χ2v) is 9.44. The Morgan fingerprint density at radius 2 is 1.94 bits per heavy atom. The molecule has 8 nitrogen and oxygen atoms in total. The Morgan fingerprint density at radius 3 is 2.77 bits per heavy atom. The minimum absolute atomic E-state index is 0.207. The van der Waals surface area contributed by atoms with Crippen molar-refractivity contribution in [3.8, 4) is 17.4 Å². The number of hydrogen-bond donors (Lipinski definition) is 1. The highest BCUT2D eigenvalue weighted by Crippen LogP contribution is 2.40. The van der Waals surface area contributed by atoms with Crippen molar-refractivity contribution >= 4 is 11.0 Å². The Morgan fingerprint density at radius 1 is 1.09 bits per heavy atom. The van der Waals surface area contributed by atoms with Crippen LogP contribution in [0.25, 0.3) is 22.6 Å². The van der Waals surface area contributed by atoms with Gasteiger partial charge in [0.2, 0.25) is 5.89 Å². The summed E-state index contributed by atoms with van der Waals surface area (Å²) in [5.41, 5.74) is 3.34. The van der Waals surface area contributed by atoms with Crippen LogP contribution in [-0.4, -0.2) is 52.5 Å². The summed E-state index contributed by atoms with van der Waals surface area (Å²) >= 11 is 0. The van der Waals surface area contributed by atoms with Crippen LogP contribution < -0.4 is 4.74 Å². The number of rotatable bonds is 7. The third-order valence-corrected chi connectivity index (χ3v) is 7.00. The number of aromatic nitrogens is 2. The topological polar surface area (TPSA) is 94.0 Å². The zero-order valence-electron chi connectivity index (χ0n) is 19.7. The zero-order chi connectivity index (χ0) is 23.8. The smallest absolute Gasteiger partial charge is 0.283 e. The summed E-state index contributed by atoms with van der Waals surface area (Å²) in [4.78, 5) is 2.32. The van der Waals surface area contributed by atoms with Crippen LogP contribution in [0, 0.1) is 12.8 Å². The number of aryl methyl sites for hydroxylation is 1. The van der Waals surface area contributed by atoms with Crippen LogP contribution in [0.5, 0.6) is 5.75 Å². The molecule has 182 valence electrons. The molecular weight excluding hydrogens is 446 g/mol. The summed E-state index contributed by atoms with van der Waals surface area (Å²) < 4.78 is 23.4. The quantitative estimate of drug-likeness (QED) is 0.417. The fourth-order valence-corrected chi connectivity index (χ4v) is 5.24. The lowest BCUT2D eigenvalue weighted by Crippen LogP contribution is -2.41. The van der Waals surface area contributed by atoms with E-state index in [-0.39, 0.29) is 12.7 Å². The van der Waals surface area contributed by atoms with Gasteiger partial charge in [0.15, 0.2) is 5.76 Å².